The fraction of sp³-hybridized carbons (Fsp3) is 0.346. The largest absolute Gasteiger partial charge is 0.399 e. The van der Waals surface area contributed by atoms with Gasteiger partial charge in [-0.25, -0.2) is 13.8 Å². The molecule has 9 nitrogen and oxygen atoms in total. The standard InChI is InChI=1S/C26H28F2N6O3/c1-32(2)25(36)17-9-20(27)19(21(28)10-17)13-33-7-8-34-22(26(33)14-37-15-26)12-30-23(34)24(35)31-11-16-3-5-18(29)6-4-16/h3-6,9-10,12H,7-8,11,13-15,29H2,1-2H3,(H,31,35). The molecule has 0 atom stereocenters. The van der Waals surface area contributed by atoms with Crippen LogP contribution in [0.15, 0.2) is 42.6 Å². The zero-order chi connectivity index (χ0) is 26.3. The van der Waals surface area contributed by atoms with Gasteiger partial charge in [0.05, 0.1) is 25.1 Å². The van der Waals surface area contributed by atoms with Crippen LogP contribution in [0.5, 0.6) is 0 Å². The summed E-state index contributed by atoms with van der Waals surface area (Å²) in [4.78, 5) is 32.7. The van der Waals surface area contributed by atoms with Crippen molar-refractivity contribution in [2.75, 3.05) is 39.6 Å². The topological polar surface area (TPSA) is 106 Å². The zero-order valence-electron chi connectivity index (χ0n) is 20.6. The average molecular weight is 511 g/mol. The van der Waals surface area contributed by atoms with Gasteiger partial charge in [0.1, 0.15) is 17.2 Å². The molecule has 37 heavy (non-hydrogen) atoms. The minimum Gasteiger partial charge on any atom is -0.399 e. The molecule has 2 aliphatic rings. The Morgan fingerprint density at radius 1 is 1.14 bits per heavy atom. The summed E-state index contributed by atoms with van der Waals surface area (Å²) in [7, 11) is 3.05. The molecule has 0 saturated carbocycles. The first-order valence-electron chi connectivity index (χ1n) is 11.9. The highest BCUT2D eigenvalue weighted by molar-refractivity contribution is 5.94. The smallest absolute Gasteiger partial charge is 0.287 e. The summed E-state index contributed by atoms with van der Waals surface area (Å²) in [6.45, 7) is 1.79. The molecule has 2 aliphatic heterocycles. The van der Waals surface area contributed by atoms with Gasteiger partial charge >= 0.3 is 0 Å². The predicted octanol–water partition coefficient (Wildman–Crippen LogP) is 2.12. The van der Waals surface area contributed by atoms with Crippen molar-refractivity contribution in [3.63, 3.8) is 0 Å². The summed E-state index contributed by atoms with van der Waals surface area (Å²) in [5.74, 6) is -2.06. The maximum absolute atomic E-state index is 15.0. The van der Waals surface area contributed by atoms with E-state index in [1.54, 1.807) is 18.3 Å². The van der Waals surface area contributed by atoms with E-state index in [-0.39, 0.29) is 29.4 Å². The number of hydrogen-bond acceptors (Lipinski definition) is 6. The summed E-state index contributed by atoms with van der Waals surface area (Å²) in [6, 6.07) is 9.37. The third-order valence-corrected chi connectivity index (χ3v) is 6.99. The van der Waals surface area contributed by atoms with Crippen LogP contribution < -0.4 is 11.1 Å². The first-order valence-corrected chi connectivity index (χ1v) is 11.9. The molecule has 0 aliphatic carbocycles. The Morgan fingerprint density at radius 2 is 1.81 bits per heavy atom. The molecular formula is C26H28F2N6O3. The number of anilines is 1. The van der Waals surface area contributed by atoms with Crippen LogP contribution in [0, 0.1) is 11.6 Å². The van der Waals surface area contributed by atoms with Gasteiger partial charge in [-0.1, -0.05) is 12.1 Å². The van der Waals surface area contributed by atoms with Gasteiger partial charge in [-0.05, 0) is 29.8 Å². The second-order valence-electron chi connectivity index (χ2n) is 9.61. The Kier molecular flexibility index (Phi) is 6.42. The number of nitrogens with two attached hydrogens (primary N) is 1. The molecule has 1 saturated heterocycles. The third kappa shape index (κ3) is 4.44. The molecule has 1 spiro atoms. The molecule has 2 aromatic carbocycles. The number of nitrogens with one attached hydrogen (secondary N) is 1. The van der Waals surface area contributed by atoms with Gasteiger partial charge in [-0.3, -0.25) is 14.5 Å². The number of amides is 2. The molecule has 11 heteroatoms. The van der Waals surface area contributed by atoms with Gasteiger partial charge in [0, 0.05) is 57.1 Å². The van der Waals surface area contributed by atoms with E-state index in [0.29, 0.717) is 38.5 Å². The number of ether oxygens (including phenoxy) is 1. The molecule has 5 rings (SSSR count). The summed E-state index contributed by atoms with van der Waals surface area (Å²) in [5.41, 5.74) is 7.22. The molecule has 3 N–H and O–H groups in total. The van der Waals surface area contributed by atoms with Crippen molar-refractivity contribution in [3.8, 4) is 0 Å². The van der Waals surface area contributed by atoms with E-state index in [9.17, 15) is 18.4 Å². The monoisotopic (exact) mass is 510 g/mol. The molecule has 3 aromatic rings. The van der Waals surface area contributed by atoms with E-state index >= 15 is 0 Å². The maximum Gasteiger partial charge on any atom is 0.287 e. The van der Waals surface area contributed by atoms with Crippen LogP contribution in [0.25, 0.3) is 0 Å². The highest BCUT2D eigenvalue weighted by atomic mass is 19.1. The van der Waals surface area contributed by atoms with E-state index in [4.69, 9.17) is 10.5 Å². The first kappa shape index (κ1) is 24.8. The second-order valence-corrected chi connectivity index (χ2v) is 9.61. The van der Waals surface area contributed by atoms with E-state index in [1.165, 1.54) is 19.0 Å². The summed E-state index contributed by atoms with van der Waals surface area (Å²) < 4.78 is 37.3. The normalized spacial score (nSPS) is 16.2. The maximum atomic E-state index is 15.0. The number of hydrogen-bond donors (Lipinski definition) is 2. The molecule has 0 unspecified atom stereocenters. The molecular weight excluding hydrogens is 482 g/mol. The van der Waals surface area contributed by atoms with Crippen LogP contribution in [0.2, 0.25) is 0 Å². The predicted molar refractivity (Wildman–Crippen MR) is 132 cm³/mol. The Hall–Kier alpha value is -3.83. The van der Waals surface area contributed by atoms with Crippen molar-refractivity contribution in [1.29, 1.82) is 0 Å². The molecule has 0 radical (unpaired) electrons. The molecule has 2 amide bonds. The number of imidazole rings is 1. The van der Waals surface area contributed by atoms with Crippen molar-refractivity contribution in [1.82, 2.24) is 24.7 Å². The van der Waals surface area contributed by atoms with Crippen LogP contribution in [0.4, 0.5) is 14.5 Å². The number of carbonyl (C=O) groups excluding carboxylic acids is 2. The number of rotatable bonds is 6. The lowest BCUT2D eigenvalue weighted by Gasteiger charge is -2.52. The van der Waals surface area contributed by atoms with Gasteiger partial charge < -0.3 is 25.3 Å². The zero-order valence-corrected chi connectivity index (χ0v) is 20.6. The molecule has 0 bridgehead atoms. The van der Waals surface area contributed by atoms with Gasteiger partial charge in [0.25, 0.3) is 11.8 Å². The third-order valence-electron chi connectivity index (χ3n) is 6.99. The Morgan fingerprint density at radius 3 is 2.41 bits per heavy atom. The number of aromatic nitrogens is 2. The van der Waals surface area contributed by atoms with Crippen LogP contribution in [0.1, 0.15) is 37.8 Å². The second kappa shape index (κ2) is 9.56. The number of benzene rings is 2. The Bertz CT molecular complexity index is 1330. The number of carbonyl (C=O) groups is 2. The number of nitrogen functional groups attached to an aromatic ring is 1. The highest BCUT2D eigenvalue weighted by Gasteiger charge is 2.51. The van der Waals surface area contributed by atoms with Gasteiger partial charge in [0.2, 0.25) is 0 Å². The first-order chi connectivity index (χ1) is 17.7. The van der Waals surface area contributed by atoms with Gasteiger partial charge in [0.15, 0.2) is 5.82 Å². The summed E-state index contributed by atoms with van der Waals surface area (Å²) >= 11 is 0. The molecule has 3 heterocycles. The van der Waals surface area contributed by atoms with Crippen molar-refractivity contribution in [2.24, 2.45) is 0 Å². The van der Waals surface area contributed by atoms with Crippen molar-refractivity contribution in [2.45, 2.75) is 25.2 Å². The average Bonchev–Trinajstić information content (AvgIpc) is 3.28. The van der Waals surface area contributed by atoms with Crippen molar-refractivity contribution < 1.29 is 23.1 Å². The molecule has 1 aromatic heterocycles. The fourth-order valence-electron chi connectivity index (χ4n) is 4.83. The van der Waals surface area contributed by atoms with Crippen molar-refractivity contribution in [3.05, 3.63) is 82.4 Å². The van der Waals surface area contributed by atoms with Gasteiger partial charge in [-0.2, -0.15) is 0 Å². The van der Waals surface area contributed by atoms with Crippen LogP contribution >= 0.6 is 0 Å². The number of halogens is 2. The Balaban J connectivity index is 1.36. The lowest BCUT2D eigenvalue weighted by Crippen LogP contribution is -2.63. The van der Waals surface area contributed by atoms with Crippen LogP contribution in [-0.4, -0.2) is 65.0 Å². The molecule has 1 fully saturated rings. The molecule has 194 valence electrons. The van der Waals surface area contributed by atoms with Crippen LogP contribution in [-0.2, 0) is 29.9 Å². The minimum atomic E-state index is -0.776. The summed E-state index contributed by atoms with van der Waals surface area (Å²) in [6.07, 6.45) is 1.64. The summed E-state index contributed by atoms with van der Waals surface area (Å²) in [5, 5.41) is 2.88. The SMILES string of the molecule is CN(C)C(=O)c1cc(F)c(CN2CCn3c(cnc3C(=O)NCc3ccc(N)cc3)C23COC3)c(F)c1. The lowest BCUT2D eigenvalue weighted by atomic mass is 9.88. The number of nitrogens with zero attached hydrogens (tertiary/aromatic N) is 4. The van der Waals surface area contributed by atoms with E-state index in [2.05, 4.69) is 10.3 Å². The van der Waals surface area contributed by atoms with E-state index in [1.807, 2.05) is 21.6 Å². The minimum absolute atomic E-state index is 0.0126. The van der Waals surface area contributed by atoms with Crippen molar-refractivity contribution >= 4 is 17.5 Å². The Labute approximate surface area is 212 Å². The van der Waals surface area contributed by atoms with Crippen LogP contribution in [0.3, 0.4) is 0 Å². The van der Waals surface area contributed by atoms with E-state index < -0.39 is 23.1 Å². The highest BCUT2D eigenvalue weighted by Crippen LogP contribution is 2.40. The lowest BCUT2D eigenvalue weighted by molar-refractivity contribution is -0.163. The quantitative estimate of drug-likeness (QED) is 0.492. The number of fused-ring (bicyclic) bond motifs is 2. The van der Waals surface area contributed by atoms with E-state index in [0.717, 1.165) is 23.4 Å². The van der Waals surface area contributed by atoms with Gasteiger partial charge in [-0.15, -0.1) is 0 Å². The fourth-order valence-corrected chi connectivity index (χ4v) is 4.83.